The maximum atomic E-state index is 6.41. The topological polar surface area (TPSA) is 34.0 Å². The predicted octanol–water partition coefficient (Wildman–Crippen LogP) is 3.78. The fraction of sp³-hybridized carbons (Fsp3) is 0.556. The van der Waals surface area contributed by atoms with Gasteiger partial charge in [-0.3, -0.25) is 4.90 Å². The van der Waals surface area contributed by atoms with Crippen LogP contribution in [-0.2, 0) is 6.54 Å². The third kappa shape index (κ3) is 2.48. The van der Waals surface area contributed by atoms with Crippen LogP contribution in [0.5, 0.6) is 0 Å². The maximum absolute atomic E-state index is 6.41. The molecule has 0 radical (unpaired) electrons. The Hall–Kier alpha value is -1.39. The lowest BCUT2D eigenvalue weighted by Crippen LogP contribution is -2.32. The smallest absolute Gasteiger partial charge is 0.154 e. The van der Waals surface area contributed by atoms with Gasteiger partial charge in [-0.25, -0.2) is 9.67 Å². The Labute approximate surface area is 141 Å². The minimum absolute atomic E-state index is 0.563. The monoisotopic (exact) mass is 328 g/mol. The molecule has 2 aliphatic carbocycles. The molecule has 5 heteroatoms. The molecular weight excluding hydrogens is 308 g/mol. The summed E-state index contributed by atoms with van der Waals surface area (Å²) < 4.78 is 1.99. The molecule has 0 unspecified atom stereocenters. The SMILES string of the molecule is Clc1ccccc1-n1nc(C2CC2)nc1CN1C[C@@H]2CC[C@H]1C2. The van der Waals surface area contributed by atoms with E-state index in [0.717, 1.165) is 40.9 Å². The van der Waals surface area contributed by atoms with E-state index in [9.17, 15) is 0 Å². The lowest BCUT2D eigenvalue weighted by molar-refractivity contribution is 0.199. The largest absolute Gasteiger partial charge is 0.293 e. The Morgan fingerprint density at radius 2 is 2.00 bits per heavy atom. The lowest BCUT2D eigenvalue weighted by atomic mass is 10.1. The van der Waals surface area contributed by atoms with Crippen LogP contribution in [0.4, 0.5) is 0 Å². The van der Waals surface area contributed by atoms with Gasteiger partial charge in [-0.05, 0) is 50.2 Å². The van der Waals surface area contributed by atoms with Crippen molar-refractivity contribution in [2.24, 2.45) is 5.92 Å². The van der Waals surface area contributed by atoms with Crippen molar-refractivity contribution in [3.05, 3.63) is 40.9 Å². The van der Waals surface area contributed by atoms with E-state index in [1.807, 2.05) is 28.9 Å². The highest BCUT2D eigenvalue weighted by Gasteiger charge is 2.38. The summed E-state index contributed by atoms with van der Waals surface area (Å²) in [6.07, 6.45) is 6.57. The van der Waals surface area contributed by atoms with Crippen LogP contribution in [0.3, 0.4) is 0 Å². The Morgan fingerprint density at radius 3 is 2.70 bits per heavy atom. The summed E-state index contributed by atoms with van der Waals surface area (Å²) in [4.78, 5) is 7.49. The number of para-hydroxylation sites is 1. The van der Waals surface area contributed by atoms with Gasteiger partial charge in [0.05, 0.1) is 17.3 Å². The Balaban J connectivity index is 1.50. The number of likely N-dealkylation sites (tertiary alicyclic amines) is 1. The van der Waals surface area contributed by atoms with Crippen LogP contribution in [0.1, 0.15) is 49.7 Å². The van der Waals surface area contributed by atoms with E-state index in [4.69, 9.17) is 21.7 Å². The standard InChI is InChI=1S/C18H21ClN4/c19-15-3-1-2-4-16(15)23-17(20-18(21-23)13-6-7-13)11-22-10-12-5-8-14(22)9-12/h1-4,12-14H,5-11H2/t12-,14+/m1/s1. The van der Waals surface area contributed by atoms with Crippen LogP contribution >= 0.6 is 11.6 Å². The molecule has 2 atom stereocenters. The summed E-state index contributed by atoms with van der Waals surface area (Å²) in [5.41, 5.74) is 0.952. The predicted molar refractivity (Wildman–Crippen MR) is 89.9 cm³/mol. The van der Waals surface area contributed by atoms with E-state index in [1.165, 1.54) is 38.6 Å². The third-order valence-corrected chi connectivity index (χ3v) is 5.90. The minimum atomic E-state index is 0.563. The zero-order chi connectivity index (χ0) is 15.4. The van der Waals surface area contributed by atoms with Crippen molar-refractivity contribution in [1.29, 1.82) is 0 Å². The van der Waals surface area contributed by atoms with E-state index in [2.05, 4.69) is 4.90 Å². The van der Waals surface area contributed by atoms with Crippen LogP contribution in [0.2, 0.25) is 5.02 Å². The van der Waals surface area contributed by atoms with Gasteiger partial charge in [0.25, 0.3) is 0 Å². The second-order valence-electron chi connectivity index (χ2n) is 7.29. The highest BCUT2D eigenvalue weighted by atomic mass is 35.5. The van der Waals surface area contributed by atoms with E-state index in [1.54, 1.807) is 0 Å². The molecular formula is C18H21ClN4. The van der Waals surface area contributed by atoms with Crippen LogP contribution < -0.4 is 0 Å². The van der Waals surface area contributed by atoms with E-state index < -0.39 is 0 Å². The maximum Gasteiger partial charge on any atom is 0.154 e. The first-order valence-electron chi connectivity index (χ1n) is 8.72. The molecule has 0 N–H and O–H groups in total. The summed E-state index contributed by atoms with van der Waals surface area (Å²) >= 11 is 6.41. The molecule has 4 nitrogen and oxygen atoms in total. The van der Waals surface area contributed by atoms with Crippen molar-refractivity contribution < 1.29 is 0 Å². The number of benzene rings is 1. The van der Waals surface area contributed by atoms with E-state index in [-0.39, 0.29) is 0 Å². The molecule has 120 valence electrons. The van der Waals surface area contributed by atoms with Gasteiger partial charge in [-0.15, -0.1) is 0 Å². The minimum Gasteiger partial charge on any atom is -0.293 e. The van der Waals surface area contributed by atoms with Crippen molar-refractivity contribution >= 4 is 11.6 Å². The van der Waals surface area contributed by atoms with Gasteiger partial charge in [0.15, 0.2) is 5.82 Å². The number of halogens is 1. The quantitative estimate of drug-likeness (QED) is 0.856. The highest BCUT2D eigenvalue weighted by Crippen LogP contribution is 2.40. The number of piperidine rings is 1. The first-order chi connectivity index (χ1) is 11.3. The van der Waals surface area contributed by atoms with Gasteiger partial charge in [-0.2, -0.15) is 5.10 Å². The molecule has 2 aromatic rings. The molecule has 1 aromatic carbocycles. The van der Waals surface area contributed by atoms with Crippen molar-refractivity contribution in [2.45, 2.75) is 50.6 Å². The molecule has 3 aliphatic rings. The van der Waals surface area contributed by atoms with Gasteiger partial charge in [0.2, 0.25) is 0 Å². The van der Waals surface area contributed by atoms with Crippen molar-refractivity contribution in [1.82, 2.24) is 19.7 Å². The molecule has 2 saturated carbocycles. The zero-order valence-electron chi connectivity index (χ0n) is 13.2. The number of nitrogens with zero attached hydrogens (tertiary/aromatic N) is 4. The Bertz CT molecular complexity index is 736. The molecule has 5 rings (SSSR count). The van der Waals surface area contributed by atoms with Crippen molar-refractivity contribution in [3.8, 4) is 5.69 Å². The zero-order valence-corrected chi connectivity index (χ0v) is 13.9. The van der Waals surface area contributed by atoms with Gasteiger partial charge in [-0.1, -0.05) is 23.7 Å². The third-order valence-electron chi connectivity index (χ3n) is 5.58. The summed E-state index contributed by atoms with van der Waals surface area (Å²) in [5, 5.41) is 5.54. The van der Waals surface area contributed by atoms with Crippen LogP contribution in [0.25, 0.3) is 5.69 Å². The first-order valence-corrected chi connectivity index (χ1v) is 9.10. The van der Waals surface area contributed by atoms with Crippen LogP contribution in [-0.4, -0.2) is 32.3 Å². The van der Waals surface area contributed by atoms with Crippen molar-refractivity contribution in [3.63, 3.8) is 0 Å². The molecule has 2 heterocycles. The highest BCUT2D eigenvalue weighted by molar-refractivity contribution is 6.32. The van der Waals surface area contributed by atoms with Gasteiger partial charge < -0.3 is 0 Å². The van der Waals surface area contributed by atoms with Crippen LogP contribution in [0.15, 0.2) is 24.3 Å². The van der Waals surface area contributed by atoms with Gasteiger partial charge >= 0.3 is 0 Å². The fourth-order valence-electron chi connectivity index (χ4n) is 4.20. The van der Waals surface area contributed by atoms with Gasteiger partial charge in [0, 0.05) is 18.5 Å². The molecule has 2 bridgehead atoms. The molecule has 1 aromatic heterocycles. The average Bonchev–Trinajstić information content (AvgIpc) is 3.00. The number of aromatic nitrogens is 3. The second kappa shape index (κ2) is 5.32. The van der Waals surface area contributed by atoms with Gasteiger partial charge in [0.1, 0.15) is 5.82 Å². The molecule has 23 heavy (non-hydrogen) atoms. The number of fused-ring (bicyclic) bond motifs is 2. The van der Waals surface area contributed by atoms with E-state index >= 15 is 0 Å². The fourth-order valence-corrected chi connectivity index (χ4v) is 4.41. The molecule has 1 saturated heterocycles. The number of hydrogen-bond acceptors (Lipinski definition) is 3. The molecule has 1 aliphatic heterocycles. The number of rotatable bonds is 4. The van der Waals surface area contributed by atoms with Crippen molar-refractivity contribution in [2.75, 3.05) is 6.54 Å². The molecule has 0 spiro atoms. The first kappa shape index (κ1) is 14.0. The summed E-state index contributed by atoms with van der Waals surface area (Å²) in [6, 6.07) is 8.69. The molecule has 3 fully saturated rings. The summed E-state index contributed by atoms with van der Waals surface area (Å²) in [6.45, 7) is 2.12. The lowest BCUT2D eigenvalue weighted by Gasteiger charge is -2.26. The molecule has 0 amide bonds. The average molecular weight is 329 g/mol. The Kier molecular flexibility index (Phi) is 3.24. The summed E-state index contributed by atoms with van der Waals surface area (Å²) in [5.74, 6) is 3.52. The second-order valence-corrected chi connectivity index (χ2v) is 7.69. The Morgan fingerprint density at radius 1 is 1.13 bits per heavy atom. The summed E-state index contributed by atoms with van der Waals surface area (Å²) in [7, 11) is 0. The van der Waals surface area contributed by atoms with Crippen LogP contribution in [0, 0.1) is 5.92 Å². The normalized spacial score (nSPS) is 27.0. The number of hydrogen-bond donors (Lipinski definition) is 0. The van der Waals surface area contributed by atoms with E-state index in [0.29, 0.717) is 5.92 Å².